The number of rotatable bonds is 15. The summed E-state index contributed by atoms with van der Waals surface area (Å²) in [7, 11) is 0. The average molecular weight is 687 g/mol. The van der Waals surface area contributed by atoms with Crippen molar-refractivity contribution in [3.63, 3.8) is 0 Å². The Hall–Kier alpha value is -1.83. The van der Waals surface area contributed by atoms with E-state index in [4.69, 9.17) is 14.2 Å². The summed E-state index contributed by atoms with van der Waals surface area (Å²) in [6.07, 6.45) is 2.18. The zero-order chi connectivity index (χ0) is 28.5. The van der Waals surface area contributed by atoms with Crippen molar-refractivity contribution in [2.45, 2.75) is 0 Å². The third-order valence-corrected chi connectivity index (χ3v) is 7.21. The summed E-state index contributed by atoms with van der Waals surface area (Å²) in [5.41, 5.74) is 7.82. The van der Waals surface area contributed by atoms with Crippen molar-refractivity contribution in [1.82, 2.24) is 0 Å². The Morgan fingerprint density at radius 3 is 1.67 bits per heavy atom. The van der Waals surface area contributed by atoms with Gasteiger partial charge in [-0.2, -0.15) is 0 Å². The van der Waals surface area contributed by atoms with Crippen LogP contribution in [0.2, 0.25) is 0 Å². The van der Waals surface area contributed by atoms with Crippen LogP contribution in [-0.2, 0) is 23.8 Å². The van der Waals surface area contributed by atoms with Crippen molar-refractivity contribution < 1.29 is 71.7 Å². The van der Waals surface area contributed by atoms with E-state index in [0.29, 0.717) is 19.7 Å². The second-order valence-corrected chi connectivity index (χ2v) is 10.8. The first-order valence-corrected chi connectivity index (χ1v) is 14.2. The van der Waals surface area contributed by atoms with E-state index in [1.54, 1.807) is 0 Å². The molecule has 0 N–H and O–H groups in total. The molecule has 0 radical (unpaired) electrons. The fraction of sp³-hybridized carbons (Fsp3) is 0.267. The molecule has 0 amide bonds. The van der Waals surface area contributed by atoms with Crippen molar-refractivity contribution in [2.24, 2.45) is 0 Å². The van der Waals surface area contributed by atoms with Gasteiger partial charge in [-0.1, -0.05) is 56.1 Å². The molecule has 0 aliphatic heterocycles. The van der Waals surface area contributed by atoms with Crippen LogP contribution in [0.1, 0.15) is 16.7 Å². The van der Waals surface area contributed by atoms with Crippen molar-refractivity contribution in [3.05, 3.63) is 86.3 Å². The summed E-state index contributed by atoms with van der Waals surface area (Å²) in [5, 5.41) is 21.1. The number of ether oxygens (including phenoxy) is 3. The maximum atomic E-state index is 10.7. The first-order chi connectivity index (χ1) is 19.3. The fourth-order valence-electron chi connectivity index (χ4n) is 4.45. The van der Waals surface area contributed by atoms with Crippen LogP contribution in [0.15, 0.2) is 69.6 Å². The van der Waals surface area contributed by atoms with Crippen molar-refractivity contribution in [2.75, 3.05) is 57.6 Å². The molecule has 0 atom stereocenters. The predicted molar refractivity (Wildman–Crippen MR) is 155 cm³/mol. The molecule has 0 spiro atoms. The van der Waals surface area contributed by atoms with Crippen molar-refractivity contribution in [3.8, 4) is 11.1 Å². The van der Waals surface area contributed by atoms with Crippen LogP contribution in [0.4, 0.5) is 5.69 Å². The molecule has 0 saturated carbocycles. The van der Waals surface area contributed by atoms with E-state index in [0.717, 1.165) is 25.8 Å². The number of hydrogen-bond donors (Lipinski definition) is 0. The summed E-state index contributed by atoms with van der Waals surface area (Å²) in [5.74, 6) is -2.54. The molecule has 8 nitrogen and oxygen atoms in total. The summed E-state index contributed by atoms with van der Waals surface area (Å²) >= 11 is 7.22. The Balaban J connectivity index is 0.00000308. The average Bonchev–Trinajstić information content (AvgIpc) is 3.21. The molecule has 3 aromatic carbocycles. The van der Waals surface area contributed by atoms with Crippen LogP contribution < -0.4 is 52.8 Å². The van der Waals surface area contributed by atoms with Gasteiger partial charge in [0, 0.05) is 27.7 Å². The van der Waals surface area contributed by atoms with Gasteiger partial charge in [-0.05, 0) is 75.9 Å². The Bertz CT molecular complexity index is 1330. The molecular weight excluding hydrogens is 660 g/mol. The van der Waals surface area contributed by atoms with Crippen molar-refractivity contribution >= 4 is 61.1 Å². The molecule has 1 aliphatic rings. The molecule has 0 unspecified atom stereocenters. The van der Waals surface area contributed by atoms with Gasteiger partial charge in [0.15, 0.2) is 0 Å². The maximum Gasteiger partial charge on any atom is 1.00 e. The second kappa shape index (κ2) is 18.1. The molecular formula is C30H27Br2Li2NO7. The minimum Gasteiger partial charge on any atom is -0.548 e. The first kappa shape index (κ1) is 36.4. The maximum absolute atomic E-state index is 10.7. The Morgan fingerprint density at radius 1 is 0.667 bits per heavy atom. The van der Waals surface area contributed by atoms with Crippen molar-refractivity contribution in [1.29, 1.82) is 0 Å². The van der Waals surface area contributed by atoms with E-state index in [-0.39, 0.29) is 57.5 Å². The van der Waals surface area contributed by atoms with E-state index < -0.39 is 25.2 Å². The molecule has 4 rings (SSSR count). The molecule has 12 heteroatoms. The molecule has 0 saturated heterocycles. The second-order valence-electron chi connectivity index (χ2n) is 8.98. The summed E-state index contributed by atoms with van der Waals surface area (Å²) < 4.78 is 17.7. The van der Waals surface area contributed by atoms with Gasteiger partial charge in [0.1, 0.15) is 0 Å². The molecule has 0 fully saturated rings. The van der Waals surface area contributed by atoms with Crippen LogP contribution in [0.5, 0.6) is 0 Å². The smallest absolute Gasteiger partial charge is 0.548 e. The van der Waals surface area contributed by atoms with E-state index in [2.05, 4.69) is 74.3 Å². The Kier molecular flexibility index (Phi) is 15.7. The number of hydrogen-bond acceptors (Lipinski definition) is 8. The third-order valence-electron chi connectivity index (χ3n) is 6.23. The van der Waals surface area contributed by atoms with E-state index in [9.17, 15) is 19.8 Å². The van der Waals surface area contributed by atoms with Gasteiger partial charge >= 0.3 is 37.7 Å². The molecule has 0 aromatic heterocycles. The molecule has 0 bridgehead atoms. The number of carboxylic acids is 2. The number of carbonyl (C=O) groups is 2. The minimum absolute atomic E-state index is 0. The van der Waals surface area contributed by atoms with Gasteiger partial charge in [-0.15, -0.1) is 0 Å². The quantitative estimate of drug-likeness (QED) is 0.0972. The van der Waals surface area contributed by atoms with Gasteiger partial charge < -0.3 is 38.9 Å². The molecule has 210 valence electrons. The summed E-state index contributed by atoms with van der Waals surface area (Å²) in [4.78, 5) is 23.1. The number of aliphatic carboxylic acids is 2. The molecule has 3 aromatic rings. The Labute approximate surface area is 286 Å². The topological polar surface area (TPSA) is 111 Å². The van der Waals surface area contributed by atoms with Gasteiger partial charge in [0.2, 0.25) is 0 Å². The molecule has 1 aliphatic carbocycles. The number of anilines is 1. The summed E-state index contributed by atoms with van der Waals surface area (Å²) in [6, 6.07) is 20.7. The van der Waals surface area contributed by atoms with Crippen LogP contribution in [0.3, 0.4) is 0 Å². The number of benzene rings is 3. The molecule has 0 heterocycles. The normalized spacial score (nSPS) is 11.1. The largest absolute Gasteiger partial charge is 1.00 e. The monoisotopic (exact) mass is 685 g/mol. The van der Waals surface area contributed by atoms with Gasteiger partial charge in [-0.3, -0.25) is 0 Å². The zero-order valence-electron chi connectivity index (χ0n) is 23.6. The molecule has 42 heavy (non-hydrogen) atoms. The first-order valence-electron chi connectivity index (χ1n) is 12.6. The van der Waals surface area contributed by atoms with Gasteiger partial charge in [-0.25, -0.2) is 0 Å². The number of nitrogens with zero attached hydrogens (tertiary/aromatic N) is 1. The SMILES string of the molecule is O=C([O-])COCCOCCN(CCOCC(=O)[O-])c1ccc(C=C2c3cc(Br)ccc3-c3ccc(Br)cc32)cc1.[Li+].[Li+]. The zero-order valence-corrected chi connectivity index (χ0v) is 26.7. The number of carbonyl (C=O) groups excluding carboxylic acids is 2. The van der Waals surface area contributed by atoms with E-state index in [1.165, 1.54) is 22.3 Å². The van der Waals surface area contributed by atoms with E-state index in [1.807, 2.05) is 29.2 Å². The summed E-state index contributed by atoms with van der Waals surface area (Å²) in [6.45, 7) is 0.959. The Morgan fingerprint density at radius 2 is 1.14 bits per heavy atom. The minimum atomic E-state index is -1.27. The number of carboxylic acid groups (broad SMARTS) is 2. The number of halogens is 2. The van der Waals surface area contributed by atoms with Crippen LogP contribution >= 0.6 is 31.9 Å². The number of fused-ring (bicyclic) bond motifs is 3. The van der Waals surface area contributed by atoms with Crippen LogP contribution in [-0.4, -0.2) is 64.7 Å². The van der Waals surface area contributed by atoms with Gasteiger partial charge in [0.05, 0.1) is 51.6 Å². The van der Waals surface area contributed by atoms with Crippen LogP contribution in [0, 0.1) is 0 Å². The van der Waals surface area contributed by atoms with Crippen LogP contribution in [0.25, 0.3) is 22.8 Å². The van der Waals surface area contributed by atoms with E-state index >= 15 is 0 Å². The third kappa shape index (κ3) is 10.4. The fourth-order valence-corrected chi connectivity index (χ4v) is 5.17. The van der Waals surface area contributed by atoms with Gasteiger partial charge in [0.25, 0.3) is 0 Å². The predicted octanol–water partition coefficient (Wildman–Crippen LogP) is -2.86. The standard InChI is InChI=1S/C30H29Br2NO7.2Li/c31-21-3-7-24-25-8-4-22(32)17-28(25)26(27(24)16-21)15-20-1-5-23(6-2-20)33(10-12-39-18-29(34)35)9-11-38-13-14-40-19-30(36)37;;/h1-8,15-17H,9-14,18-19H2,(H,34,35)(H,36,37);;/q;2*+1/p-2.